The molecular weight excluding hydrogens is 278 g/mol. The van der Waals surface area contributed by atoms with Gasteiger partial charge in [0.1, 0.15) is 16.5 Å². The van der Waals surface area contributed by atoms with E-state index in [0.29, 0.717) is 10.7 Å². The zero-order valence-electron chi connectivity index (χ0n) is 10.4. The summed E-state index contributed by atoms with van der Waals surface area (Å²) in [5.74, 6) is -0.290. The quantitative estimate of drug-likeness (QED) is 0.783. The lowest BCUT2D eigenvalue weighted by molar-refractivity contribution is 0.0690. The molecule has 3 aromatic rings. The Bertz CT molecular complexity index is 801. The average Bonchev–Trinajstić information content (AvgIpc) is 2.82. The second kappa shape index (κ2) is 4.89. The summed E-state index contributed by atoms with van der Waals surface area (Å²) in [6, 6.07) is 3.23. The summed E-state index contributed by atoms with van der Waals surface area (Å²) in [5, 5.41) is 17.7. The van der Waals surface area contributed by atoms with Crippen molar-refractivity contribution in [3.63, 3.8) is 0 Å². The van der Waals surface area contributed by atoms with Gasteiger partial charge in [-0.3, -0.25) is 4.40 Å². The highest BCUT2D eigenvalue weighted by molar-refractivity contribution is 7.99. The zero-order chi connectivity index (χ0) is 14.1. The monoisotopic (exact) mass is 287 g/mol. The molecule has 20 heavy (non-hydrogen) atoms. The lowest BCUT2D eigenvalue weighted by Gasteiger charge is -2.03. The Morgan fingerprint density at radius 3 is 2.95 bits per heavy atom. The molecule has 0 aliphatic rings. The predicted molar refractivity (Wildman–Crippen MR) is 70.8 cm³/mol. The van der Waals surface area contributed by atoms with Crippen LogP contribution in [0.4, 0.5) is 0 Å². The van der Waals surface area contributed by atoms with Gasteiger partial charge in [-0.1, -0.05) is 11.8 Å². The van der Waals surface area contributed by atoms with Crippen molar-refractivity contribution in [1.29, 1.82) is 0 Å². The van der Waals surface area contributed by atoms with Crippen molar-refractivity contribution in [3.05, 3.63) is 42.2 Å². The van der Waals surface area contributed by atoms with Crippen LogP contribution in [0.1, 0.15) is 16.3 Å². The smallest absolute Gasteiger partial charge is 0.354 e. The first-order valence-corrected chi connectivity index (χ1v) is 6.50. The summed E-state index contributed by atoms with van der Waals surface area (Å²) in [5.41, 5.74) is 0.642. The molecule has 3 aromatic heterocycles. The molecule has 3 rings (SSSR count). The second-order valence-corrected chi connectivity index (χ2v) is 5.02. The maximum absolute atomic E-state index is 10.9. The number of nitrogens with zero attached hydrogens (tertiary/aromatic N) is 5. The Balaban J connectivity index is 2.01. The van der Waals surface area contributed by atoms with Crippen LogP contribution in [-0.4, -0.2) is 35.6 Å². The predicted octanol–water partition coefficient (Wildman–Crippen LogP) is 1.68. The SMILES string of the molecule is Cc1nnc2c(Sc3ccnc(C(=O)O)c3)nccn12. The molecule has 0 aromatic carbocycles. The van der Waals surface area contributed by atoms with Crippen molar-refractivity contribution < 1.29 is 9.90 Å². The molecule has 0 spiro atoms. The number of hydrogen-bond acceptors (Lipinski definition) is 6. The van der Waals surface area contributed by atoms with Gasteiger partial charge in [0, 0.05) is 23.5 Å². The van der Waals surface area contributed by atoms with E-state index in [1.807, 2.05) is 11.3 Å². The number of aryl methyl sites for hydroxylation is 1. The van der Waals surface area contributed by atoms with Crippen molar-refractivity contribution in [2.45, 2.75) is 16.8 Å². The van der Waals surface area contributed by atoms with Crippen molar-refractivity contribution in [2.24, 2.45) is 0 Å². The van der Waals surface area contributed by atoms with E-state index in [1.165, 1.54) is 24.0 Å². The van der Waals surface area contributed by atoms with Gasteiger partial charge in [0.25, 0.3) is 0 Å². The molecule has 0 fully saturated rings. The molecule has 0 aliphatic heterocycles. The maximum atomic E-state index is 10.9. The standard InChI is InChI=1S/C12H9N5O2S/c1-7-15-16-10-11(14-4-5-17(7)10)20-8-2-3-13-9(6-8)12(18)19/h2-6H,1H3,(H,18,19). The minimum Gasteiger partial charge on any atom is -0.477 e. The summed E-state index contributed by atoms with van der Waals surface area (Å²) in [4.78, 5) is 19.7. The second-order valence-electron chi connectivity index (χ2n) is 3.96. The number of pyridine rings is 1. The third-order valence-electron chi connectivity index (χ3n) is 2.63. The summed E-state index contributed by atoms with van der Waals surface area (Å²) in [6.07, 6.45) is 4.90. The van der Waals surface area contributed by atoms with Crippen LogP contribution in [0, 0.1) is 6.92 Å². The number of carbonyl (C=O) groups is 1. The summed E-state index contributed by atoms with van der Waals surface area (Å²) >= 11 is 1.32. The lowest BCUT2D eigenvalue weighted by Crippen LogP contribution is -1.99. The zero-order valence-corrected chi connectivity index (χ0v) is 11.2. The summed E-state index contributed by atoms with van der Waals surface area (Å²) in [6.45, 7) is 1.85. The van der Waals surface area contributed by atoms with Gasteiger partial charge in [-0.25, -0.2) is 14.8 Å². The van der Waals surface area contributed by atoms with E-state index in [4.69, 9.17) is 5.11 Å². The number of rotatable bonds is 3. The van der Waals surface area contributed by atoms with Gasteiger partial charge in [-0.15, -0.1) is 10.2 Å². The Morgan fingerprint density at radius 2 is 2.15 bits per heavy atom. The molecule has 0 saturated heterocycles. The van der Waals surface area contributed by atoms with Crippen molar-refractivity contribution in [1.82, 2.24) is 24.6 Å². The first-order valence-electron chi connectivity index (χ1n) is 5.68. The number of carboxylic acids is 1. The van der Waals surface area contributed by atoms with E-state index in [2.05, 4.69) is 20.2 Å². The molecule has 0 atom stereocenters. The summed E-state index contributed by atoms with van der Waals surface area (Å²) in [7, 11) is 0. The number of aromatic nitrogens is 5. The van der Waals surface area contributed by atoms with E-state index < -0.39 is 5.97 Å². The Labute approximate surface area is 117 Å². The summed E-state index contributed by atoms with van der Waals surface area (Å²) < 4.78 is 1.83. The van der Waals surface area contributed by atoms with Crippen LogP contribution in [0.2, 0.25) is 0 Å². The van der Waals surface area contributed by atoms with Crippen LogP contribution in [0.5, 0.6) is 0 Å². The van der Waals surface area contributed by atoms with Crippen LogP contribution >= 0.6 is 11.8 Å². The molecule has 0 aliphatic carbocycles. The molecule has 8 heteroatoms. The molecule has 0 amide bonds. The van der Waals surface area contributed by atoms with Gasteiger partial charge in [0.2, 0.25) is 0 Å². The molecule has 1 N–H and O–H groups in total. The minimum atomic E-state index is -1.06. The number of carboxylic acid groups (broad SMARTS) is 1. The van der Waals surface area contributed by atoms with E-state index in [-0.39, 0.29) is 5.69 Å². The fourth-order valence-electron chi connectivity index (χ4n) is 1.69. The lowest BCUT2D eigenvalue weighted by atomic mass is 10.3. The third-order valence-corrected chi connectivity index (χ3v) is 3.60. The van der Waals surface area contributed by atoms with Crippen molar-refractivity contribution >= 4 is 23.4 Å². The Kier molecular flexibility index (Phi) is 3.07. The van der Waals surface area contributed by atoms with Gasteiger partial charge in [-0.2, -0.15) is 0 Å². The highest BCUT2D eigenvalue weighted by Gasteiger charge is 2.11. The number of aromatic carboxylic acids is 1. The van der Waals surface area contributed by atoms with Crippen LogP contribution in [0.15, 0.2) is 40.6 Å². The van der Waals surface area contributed by atoms with Crippen LogP contribution in [0.3, 0.4) is 0 Å². The molecule has 7 nitrogen and oxygen atoms in total. The Hall–Kier alpha value is -2.48. The van der Waals surface area contributed by atoms with Crippen LogP contribution < -0.4 is 0 Å². The molecule has 3 heterocycles. The molecular formula is C12H9N5O2S. The van der Waals surface area contributed by atoms with Crippen molar-refractivity contribution in [2.75, 3.05) is 0 Å². The van der Waals surface area contributed by atoms with E-state index >= 15 is 0 Å². The van der Waals surface area contributed by atoms with Gasteiger partial charge < -0.3 is 5.11 Å². The molecule has 0 saturated carbocycles. The minimum absolute atomic E-state index is 0.000371. The maximum Gasteiger partial charge on any atom is 0.354 e. The van der Waals surface area contributed by atoms with Crippen LogP contribution in [0.25, 0.3) is 5.65 Å². The molecule has 100 valence electrons. The molecule has 0 unspecified atom stereocenters. The first-order chi connectivity index (χ1) is 9.65. The highest BCUT2D eigenvalue weighted by atomic mass is 32.2. The van der Waals surface area contributed by atoms with Gasteiger partial charge in [0.05, 0.1) is 0 Å². The fourth-order valence-corrected chi connectivity index (χ4v) is 2.56. The van der Waals surface area contributed by atoms with Gasteiger partial charge in [0.15, 0.2) is 5.65 Å². The van der Waals surface area contributed by atoms with E-state index in [0.717, 1.165) is 10.7 Å². The van der Waals surface area contributed by atoms with E-state index in [1.54, 1.807) is 18.5 Å². The topological polar surface area (TPSA) is 93.3 Å². The number of hydrogen-bond donors (Lipinski definition) is 1. The van der Waals surface area contributed by atoms with Crippen molar-refractivity contribution in [3.8, 4) is 0 Å². The fraction of sp³-hybridized carbons (Fsp3) is 0.0833. The Morgan fingerprint density at radius 1 is 1.30 bits per heavy atom. The number of fused-ring (bicyclic) bond motifs is 1. The van der Waals surface area contributed by atoms with Crippen LogP contribution in [-0.2, 0) is 0 Å². The first kappa shape index (κ1) is 12.5. The highest BCUT2D eigenvalue weighted by Crippen LogP contribution is 2.28. The van der Waals surface area contributed by atoms with Gasteiger partial charge in [-0.05, 0) is 19.1 Å². The van der Waals surface area contributed by atoms with Gasteiger partial charge >= 0.3 is 5.97 Å². The molecule has 0 radical (unpaired) electrons. The molecule has 0 bridgehead atoms. The third kappa shape index (κ3) is 2.21. The van der Waals surface area contributed by atoms with E-state index in [9.17, 15) is 4.79 Å². The largest absolute Gasteiger partial charge is 0.477 e. The average molecular weight is 287 g/mol. The normalized spacial score (nSPS) is 10.8.